The first kappa shape index (κ1) is 16.4. The van der Waals surface area contributed by atoms with Crippen molar-refractivity contribution in [3.05, 3.63) is 24.3 Å². The van der Waals surface area contributed by atoms with Gasteiger partial charge >= 0.3 is 11.9 Å². The summed E-state index contributed by atoms with van der Waals surface area (Å²) in [5, 5.41) is 0. The summed E-state index contributed by atoms with van der Waals surface area (Å²) in [6.07, 6.45) is 6.34. The van der Waals surface area contributed by atoms with Gasteiger partial charge in [-0.05, 0) is 18.9 Å². The van der Waals surface area contributed by atoms with Crippen LogP contribution in [-0.4, -0.2) is 25.2 Å². The minimum Gasteiger partial charge on any atom is -0.463 e. The molecule has 0 unspecified atom stereocenters. The van der Waals surface area contributed by atoms with Crippen LogP contribution in [0.25, 0.3) is 0 Å². The van der Waals surface area contributed by atoms with Gasteiger partial charge in [-0.15, -0.1) is 0 Å². The van der Waals surface area contributed by atoms with Gasteiger partial charge in [-0.3, -0.25) is 0 Å². The molecule has 0 aromatic heterocycles. The number of hydrogen-bond donors (Lipinski definition) is 0. The lowest BCUT2D eigenvalue weighted by Crippen LogP contribution is -2.06. The first-order valence-electron chi connectivity index (χ1n) is 6.22. The fraction of sp³-hybridized carbons (Fsp3) is 0.571. The number of carbonyl (C=O) groups is 2. The summed E-state index contributed by atoms with van der Waals surface area (Å²) in [6.45, 7) is 8.02. The zero-order valence-corrected chi connectivity index (χ0v) is 11.2. The summed E-state index contributed by atoms with van der Waals surface area (Å²) < 4.78 is 9.69. The molecule has 0 aliphatic heterocycles. The van der Waals surface area contributed by atoms with Crippen molar-refractivity contribution in [1.29, 1.82) is 0 Å². The lowest BCUT2D eigenvalue weighted by atomic mass is 10.2. The van der Waals surface area contributed by atoms with Gasteiger partial charge in [0.15, 0.2) is 0 Å². The van der Waals surface area contributed by atoms with E-state index in [0.717, 1.165) is 43.4 Å². The Morgan fingerprint density at radius 3 is 2.22 bits per heavy atom. The number of rotatable bonds is 9. The highest BCUT2D eigenvalue weighted by Gasteiger charge is 2.00. The molecule has 0 heterocycles. The molecule has 4 nitrogen and oxygen atoms in total. The summed E-state index contributed by atoms with van der Waals surface area (Å²) in [5.74, 6) is -1.08. The first-order valence-corrected chi connectivity index (χ1v) is 6.22. The van der Waals surface area contributed by atoms with Crippen molar-refractivity contribution in [3.63, 3.8) is 0 Å². The molecule has 0 aliphatic carbocycles. The minimum absolute atomic E-state index is 0.162. The Morgan fingerprint density at radius 1 is 1.06 bits per heavy atom. The lowest BCUT2D eigenvalue weighted by Gasteiger charge is -2.01. The van der Waals surface area contributed by atoms with E-state index in [1.807, 2.05) is 0 Å². The number of hydrogen-bond acceptors (Lipinski definition) is 4. The molecule has 0 saturated heterocycles. The first-order chi connectivity index (χ1) is 8.56. The molecule has 0 aliphatic rings. The van der Waals surface area contributed by atoms with Crippen LogP contribution < -0.4 is 0 Å². The van der Waals surface area contributed by atoms with E-state index >= 15 is 0 Å². The SMILES string of the molecule is C=C(C)COC(=O)/C=C/C(=O)OCCCCCC. The van der Waals surface area contributed by atoms with Gasteiger partial charge in [-0.2, -0.15) is 0 Å². The maximum atomic E-state index is 11.2. The van der Waals surface area contributed by atoms with Crippen LogP contribution in [0.5, 0.6) is 0 Å². The molecule has 0 amide bonds. The van der Waals surface area contributed by atoms with Crippen LogP contribution in [0.15, 0.2) is 24.3 Å². The second kappa shape index (κ2) is 10.6. The summed E-state index contributed by atoms with van der Waals surface area (Å²) in [5.41, 5.74) is 0.746. The second-order valence-electron chi connectivity index (χ2n) is 4.13. The number of ether oxygens (including phenoxy) is 2. The molecule has 0 rings (SSSR count). The Balaban J connectivity index is 3.66. The molecule has 4 heteroatoms. The fourth-order valence-corrected chi connectivity index (χ4v) is 1.13. The Bertz CT molecular complexity index is 305. The third-order valence-corrected chi connectivity index (χ3v) is 2.06. The average Bonchev–Trinajstić information content (AvgIpc) is 2.33. The lowest BCUT2D eigenvalue weighted by molar-refractivity contribution is -0.140. The molecular weight excluding hydrogens is 232 g/mol. The van der Waals surface area contributed by atoms with Crippen molar-refractivity contribution in [2.45, 2.75) is 39.5 Å². The zero-order valence-electron chi connectivity index (χ0n) is 11.2. The van der Waals surface area contributed by atoms with E-state index in [0.29, 0.717) is 6.61 Å². The van der Waals surface area contributed by atoms with Gasteiger partial charge in [0.05, 0.1) is 6.61 Å². The monoisotopic (exact) mass is 254 g/mol. The van der Waals surface area contributed by atoms with Crippen molar-refractivity contribution in [1.82, 2.24) is 0 Å². The van der Waals surface area contributed by atoms with Gasteiger partial charge < -0.3 is 9.47 Å². The third kappa shape index (κ3) is 10.9. The molecule has 102 valence electrons. The highest BCUT2D eigenvalue weighted by atomic mass is 16.5. The predicted octanol–water partition coefficient (Wildman–Crippen LogP) is 2.79. The Kier molecular flexibility index (Phi) is 9.64. The van der Waals surface area contributed by atoms with Crippen LogP contribution in [0.2, 0.25) is 0 Å². The van der Waals surface area contributed by atoms with Crippen LogP contribution in [0.1, 0.15) is 39.5 Å². The van der Waals surface area contributed by atoms with E-state index in [-0.39, 0.29) is 6.61 Å². The largest absolute Gasteiger partial charge is 0.463 e. The fourth-order valence-electron chi connectivity index (χ4n) is 1.13. The van der Waals surface area contributed by atoms with Crippen LogP contribution in [-0.2, 0) is 19.1 Å². The van der Waals surface area contributed by atoms with Crippen LogP contribution in [0, 0.1) is 0 Å². The van der Waals surface area contributed by atoms with E-state index in [4.69, 9.17) is 9.47 Å². The number of esters is 2. The highest BCUT2D eigenvalue weighted by Crippen LogP contribution is 1.99. The van der Waals surface area contributed by atoms with Crippen LogP contribution in [0.4, 0.5) is 0 Å². The van der Waals surface area contributed by atoms with Gasteiger partial charge in [0.25, 0.3) is 0 Å². The molecular formula is C14H22O4. The van der Waals surface area contributed by atoms with Gasteiger partial charge in [0, 0.05) is 12.2 Å². The van der Waals surface area contributed by atoms with Gasteiger partial charge in [0.2, 0.25) is 0 Å². The summed E-state index contributed by atoms with van der Waals surface area (Å²) >= 11 is 0. The molecule has 0 radical (unpaired) electrons. The molecule has 0 aromatic rings. The Hall–Kier alpha value is -1.58. The smallest absolute Gasteiger partial charge is 0.331 e. The topological polar surface area (TPSA) is 52.6 Å². The van der Waals surface area contributed by atoms with Crippen molar-refractivity contribution in [3.8, 4) is 0 Å². The van der Waals surface area contributed by atoms with Crippen LogP contribution >= 0.6 is 0 Å². The van der Waals surface area contributed by atoms with E-state index in [1.165, 1.54) is 0 Å². The van der Waals surface area contributed by atoms with Gasteiger partial charge in [0.1, 0.15) is 6.61 Å². The number of carbonyl (C=O) groups excluding carboxylic acids is 2. The van der Waals surface area contributed by atoms with Crippen molar-refractivity contribution in [2.24, 2.45) is 0 Å². The van der Waals surface area contributed by atoms with E-state index in [1.54, 1.807) is 6.92 Å². The summed E-state index contributed by atoms with van der Waals surface area (Å²) in [6, 6.07) is 0. The molecule has 0 N–H and O–H groups in total. The molecule has 18 heavy (non-hydrogen) atoms. The number of unbranched alkanes of at least 4 members (excludes halogenated alkanes) is 3. The van der Waals surface area contributed by atoms with E-state index < -0.39 is 11.9 Å². The zero-order chi connectivity index (χ0) is 13.8. The van der Waals surface area contributed by atoms with Gasteiger partial charge in [-0.1, -0.05) is 32.8 Å². The van der Waals surface area contributed by atoms with Gasteiger partial charge in [-0.25, -0.2) is 9.59 Å². The average molecular weight is 254 g/mol. The predicted molar refractivity (Wildman–Crippen MR) is 70.0 cm³/mol. The van der Waals surface area contributed by atoms with Crippen molar-refractivity contribution < 1.29 is 19.1 Å². The van der Waals surface area contributed by atoms with Crippen molar-refractivity contribution >= 4 is 11.9 Å². The van der Waals surface area contributed by atoms with Crippen LogP contribution in [0.3, 0.4) is 0 Å². The molecule has 0 spiro atoms. The third-order valence-electron chi connectivity index (χ3n) is 2.06. The maximum Gasteiger partial charge on any atom is 0.331 e. The Morgan fingerprint density at radius 2 is 1.67 bits per heavy atom. The summed E-state index contributed by atoms with van der Waals surface area (Å²) in [7, 11) is 0. The molecule has 0 atom stereocenters. The highest BCUT2D eigenvalue weighted by molar-refractivity contribution is 5.91. The quantitative estimate of drug-likeness (QED) is 0.275. The maximum absolute atomic E-state index is 11.2. The van der Waals surface area contributed by atoms with E-state index in [9.17, 15) is 9.59 Å². The standard InChI is InChI=1S/C14H22O4/c1-4-5-6-7-10-17-13(15)8-9-14(16)18-11-12(2)3/h8-9H,2,4-7,10-11H2,1,3H3/b9-8+. The molecule has 0 fully saturated rings. The van der Waals surface area contributed by atoms with E-state index in [2.05, 4.69) is 13.5 Å². The molecule has 0 bridgehead atoms. The summed E-state index contributed by atoms with van der Waals surface area (Å²) in [4.78, 5) is 22.3. The molecule has 0 aromatic carbocycles. The Labute approximate surface area is 109 Å². The molecule has 0 saturated carbocycles. The van der Waals surface area contributed by atoms with Crippen molar-refractivity contribution in [2.75, 3.05) is 13.2 Å². The normalized spacial score (nSPS) is 10.3. The minimum atomic E-state index is -0.569. The second-order valence-corrected chi connectivity index (χ2v) is 4.13.